The van der Waals surface area contributed by atoms with Gasteiger partial charge in [-0.15, -0.1) is 0 Å². The molecule has 1 aliphatic heterocycles. The first-order valence-electron chi connectivity index (χ1n) is 5.29. The largest absolute Gasteiger partial charge is 0.493 e. The second-order valence-corrected chi connectivity index (χ2v) is 3.59. The van der Waals surface area contributed by atoms with Crippen LogP contribution >= 0.6 is 0 Å². The molecule has 6 heteroatoms. The van der Waals surface area contributed by atoms with Gasteiger partial charge in [-0.25, -0.2) is 4.79 Å². The molecule has 1 aromatic carbocycles. The van der Waals surface area contributed by atoms with Crippen molar-refractivity contribution in [2.24, 2.45) is 0 Å². The minimum Gasteiger partial charge on any atom is -0.493 e. The van der Waals surface area contributed by atoms with Crippen molar-refractivity contribution >= 4 is 5.97 Å². The molecule has 1 aliphatic rings. The first kappa shape index (κ1) is 12.5. The van der Waals surface area contributed by atoms with Crippen LogP contribution in [0.15, 0.2) is 6.07 Å². The summed E-state index contributed by atoms with van der Waals surface area (Å²) in [6.45, 7) is 0.188. The third kappa shape index (κ3) is 1.95. The van der Waals surface area contributed by atoms with Crippen LogP contribution in [0.3, 0.4) is 0 Å². The first-order valence-corrected chi connectivity index (χ1v) is 5.29. The van der Waals surface area contributed by atoms with Crippen LogP contribution in [0.4, 0.5) is 0 Å². The molecule has 0 bridgehead atoms. The molecule has 0 unspecified atom stereocenters. The molecule has 98 valence electrons. The summed E-state index contributed by atoms with van der Waals surface area (Å²) in [5, 5.41) is 0. The third-order valence-corrected chi connectivity index (χ3v) is 2.62. The SMILES string of the molecule is COCOc1cc(OC)c(OC)c2c1C(=O)OC2. The van der Waals surface area contributed by atoms with Crippen molar-refractivity contribution in [3.05, 3.63) is 17.2 Å². The van der Waals surface area contributed by atoms with Gasteiger partial charge in [-0.3, -0.25) is 0 Å². The van der Waals surface area contributed by atoms with Gasteiger partial charge in [0, 0.05) is 13.2 Å². The monoisotopic (exact) mass is 254 g/mol. The summed E-state index contributed by atoms with van der Waals surface area (Å²) in [7, 11) is 4.53. The quantitative estimate of drug-likeness (QED) is 0.584. The van der Waals surface area contributed by atoms with E-state index in [2.05, 4.69) is 0 Å². The highest BCUT2D eigenvalue weighted by atomic mass is 16.7. The predicted octanol–water partition coefficient (Wildman–Crippen LogP) is 1.36. The number of benzene rings is 1. The minimum absolute atomic E-state index is 0.0369. The number of esters is 1. The number of rotatable bonds is 5. The van der Waals surface area contributed by atoms with E-state index in [4.69, 9.17) is 23.7 Å². The summed E-state index contributed by atoms with van der Waals surface area (Å²) in [6, 6.07) is 1.59. The second-order valence-electron chi connectivity index (χ2n) is 3.59. The summed E-state index contributed by atoms with van der Waals surface area (Å²) < 4.78 is 25.6. The fraction of sp³-hybridized carbons (Fsp3) is 0.417. The van der Waals surface area contributed by atoms with Crippen molar-refractivity contribution in [3.8, 4) is 17.2 Å². The number of carbonyl (C=O) groups is 1. The second kappa shape index (κ2) is 5.14. The molecule has 1 aromatic rings. The van der Waals surface area contributed by atoms with Crippen LogP contribution in [0.25, 0.3) is 0 Å². The van der Waals surface area contributed by atoms with Crippen molar-refractivity contribution < 1.29 is 28.5 Å². The Labute approximate surface area is 104 Å². The number of ether oxygens (including phenoxy) is 5. The van der Waals surface area contributed by atoms with Crippen molar-refractivity contribution in [1.29, 1.82) is 0 Å². The average Bonchev–Trinajstić information content (AvgIpc) is 2.77. The van der Waals surface area contributed by atoms with Crippen LogP contribution in [-0.2, 0) is 16.1 Å². The van der Waals surface area contributed by atoms with Crippen molar-refractivity contribution in [2.45, 2.75) is 6.61 Å². The number of hydrogen-bond acceptors (Lipinski definition) is 6. The Morgan fingerprint density at radius 2 is 2.00 bits per heavy atom. The fourth-order valence-corrected chi connectivity index (χ4v) is 1.85. The van der Waals surface area contributed by atoms with Gasteiger partial charge < -0.3 is 23.7 Å². The van der Waals surface area contributed by atoms with E-state index in [0.29, 0.717) is 28.4 Å². The van der Waals surface area contributed by atoms with Gasteiger partial charge in [0.15, 0.2) is 18.3 Å². The molecule has 0 amide bonds. The smallest absolute Gasteiger partial charge is 0.342 e. The molecule has 0 aliphatic carbocycles. The van der Waals surface area contributed by atoms with E-state index in [0.717, 1.165) is 0 Å². The molecule has 0 N–H and O–H groups in total. The molecular weight excluding hydrogens is 240 g/mol. The molecule has 0 atom stereocenters. The molecular formula is C12H14O6. The third-order valence-electron chi connectivity index (χ3n) is 2.62. The predicted molar refractivity (Wildman–Crippen MR) is 61.2 cm³/mol. The van der Waals surface area contributed by atoms with Gasteiger partial charge in [0.1, 0.15) is 17.9 Å². The molecule has 18 heavy (non-hydrogen) atoms. The highest BCUT2D eigenvalue weighted by molar-refractivity contribution is 5.98. The fourth-order valence-electron chi connectivity index (χ4n) is 1.85. The topological polar surface area (TPSA) is 63.2 Å². The van der Waals surface area contributed by atoms with Crippen LogP contribution in [0.5, 0.6) is 17.2 Å². The van der Waals surface area contributed by atoms with Crippen LogP contribution in [-0.4, -0.2) is 34.1 Å². The number of hydrogen-bond donors (Lipinski definition) is 0. The van der Waals surface area contributed by atoms with Gasteiger partial charge in [0.25, 0.3) is 0 Å². The maximum Gasteiger partial charge on any atom is 0.342 e. The zero-order chi connectivity index (χ0) is 13.1. The molecule has 0 saturated carbocycles. The lowest BCUT2D eigenvalue weighted by Crippen LogP contribution is -2.06. The van der Waals surface area contributed by atoms with Gasteiger partial charge in [0.05, 0.1) is 19.8 Å². The molecule has 0 aromatic heterocycles. The van der Waals surface area contributed by atoms with E-state index < -0.39 is 5.97 Å². The number of cyclic esters (lactones) is 1. The molecule has 1 heterocycles. The van der Waals surface area contributed by atoms with Gasteiger partial charge in [-0.1, -0.05) is 0 Å². The molecule has 2 rings (SSSR count). The highest BCUT2D eigenvalue weighted by Gasteiger charge is 2.32. The molecule has 0 fully saturated rings. The Hall–Kier alpha value is -1.95. The maximum absolute atomic E-state index is 11.7. The van der Waals surface area contributed by atoms with Gasteiger partial charge in [-0.05, 0) is 0 Å². The van der Waals surface area contributed by atoms with Crippen molar-refractivity contribution in [1.82, 2.24) is 0 Å². The summed E-state index contributed by atoms with van der Waals surface area (Å²) in [6.07, 6.45) is 0. The summed E-state index contributed by atoms with van der Waals surface area (Å²) in [5.74, 6) is 0.910. The Balaban J connectivity index is 2.53. The van der Waals surface area contributed by atoms with E-state index in [1.807, 2.05) is 0 Å². The lowest BCUT2D eigenvalue weighted by atomic mass is 10.1. The van der Waals surface area contributed by atoms with E-state index in [1.54, 1.807) is 6.07 Å². The van der Waals surface area contributed by atoms with Crippen LogP contribution < -0.4 is 14.2 Å². The summed E-state index contributed by atoms with van der Waals surface area (Å²) in [4.78, 5) is 11.7. The molecule has 6 nitrogen and oxygen atoms in total. The summed E-state index contributed by atoms with van der Waals surface area (Å²) in [5.41, 5.74) is 0.998. The maximum atomic E-state index is 11.7. The first-order chi connectivity index (χ1) is 8.72. The van der Waals surface area contributed by atoms with Gasteiger partial charge >= 0.3 is 5.97 Å². The Bertz CT molecular complexity index is 468. The number of methoxy groups -OCH3 is 3. The molecule has 0 saturated heterocycles. The highest BCUT2D eigenvalue weighted by Crippen LogP contribution is 2.42. The van der Waals surface area contributed by atoms with Gasteiger partial charge in [0.2, 0.25) is 0 Å². The number of carbonyl (C=O) groups excluding carboxylic acids is 1. The molecule has 0 radical (unpaired) electrons. The minimum atomic E-state index is -0.433. The zero-order valence-corrected chi connectivity index (χ0v) is 10.4. The lowest BCUT2D eigenvalue weighted by molar-refractivity contribution is 0.0459. The van der Waals surface area contributed by atoms with E-state index in [-0.39, 0.29) is 13.4 Å². The normalized spacial score (nSPS) is 12.9. The average molecular weight is 254 g/mol. The Kier molecular flexibility index (Phi) is 3.57. The van der Waals surface area contributed by atoms with Crippen LogP contribution in [0.1, 0.15) is 15.9 Å². The van der Waals surface area contributed by atoms with Crippen molar-refractivity contribution in [2.75, 3.05) is 28.1 Å². The Morgan fingerprint density at radius 1 is 1.22 bits per heavy atom. The van der Waals surface area contributed by atoms with Crippen molar-refractivity contribution in [3.63, 3.8) is 0 Å². The van der Waals surface area contributed by atoms with E-state index in [9.17, 15) is 4.79 Å². The summed E-state index contributed by atoms with van der Waals surface area (Å²) >= 11 is 0. The molecule has 0 spiro atoms. The zero-order valence-electron chi connectivity index (χ0n) is 10.4. The van der Waals surface area contributed by atoms with E-state index >= 15 is 0 Å². The van der Waals surface area contributed by atoms with E-state index in [1.165, 1.54) is 21.3 Å². The lowest BCUT2D eigenvalue weighted by Gasteiger charge is -2.14. The van der Waals surface area contributed by atoms with Crippen LogP contribution in [0.2, 0.25) is 0 Å². The van der Waals surface area contributed by atoms with Gasteiger partial charge in [-0.2, -0.15) is 0 Å². The Morgan fingerprint density at radius 3 is 2.61 bits per heavy atom. The standard InChI is InChI=1S/C12H14O6/c1-14-6-18-8-4-9(15-2)11(16-3)7-5-17-12(13)10(7)8/h4H,5-6H2,1-3H3. The number of fused-ring (bicyclic) bond motifs is 1. The van der Waals surface area contributed by atoms with Crippen LogP contribution in [0, 0.1) is 0 Å².